The average molecular weight is 235 g/mol. The van der Waals surface area contributed by atoms with Gasteiger partial charge >= 0.3 is 0 Å². The van der Waals surface area contributed by atoms with Crippen molar-refractivity contribution in [2.75, 3.05) is 30.8 Å². The van der Waals surface area contributed by atoms with Gasteiger partial charge in [-0.2, -0.15) is 0 Å². The Morgan fingerprint density at radius 2 is 2.24 bits per heavy atom. The monoisotopic (exact) mass is 235 g/mol. The van der Waals surface area contributed by atoms with Crippen LogP contribution >= 0.6 is 0 Å². The van der Waals surface area contributed by atoms with E-state index in [0.29, 0.717) is 12.0 Å². The van der Waals surface area contributed by atoms with E-state index in [0.717, 1.165) is 37.6 Å². The van der Waals surface area contributed by atoms with Crippen molar-refractivity contribution in [2.24, 2.45) is 5.92 Å². The molecule has 1 aliphatic heterocycles. The predicted octanol–water partition coefficient (Wildman–Crippen LogP) is 2.35. The Morgan fingerprint density at radius 3 is 3.00 bits per heavy atom. The second-order valence-electron chi connectivity index (χ2n) is 4.41. The molecule has 0 saturated carbocycles. The molecule has 2 atom stereocenters. The zero-order valence-electron chi connectivity index (χ0n) is 10.6. The number of rotatable bonds is 5. The van der Waals surface area contributed by atoms with E-state index in [-0.39, 0.29) is 0 Å². The van der Waals surface area contributed by atoms with Gasteiger partial charge in [0.05, 0.1) is 6.10 Å². The number of ether oxygens (including phenoxy) is 1. The molecule has 0 spiro atoms. The number of nitrogens with one attached hydrogen (secondary N) is 2. The Balaban J connectivity index is 1.88. The van der Waals surface area contributed by atoms with Gasteiger partial charge in [0.25, 0.3) is 0 Å². The smallest absolute Gasteiger partial charge is 0.128 e. The molecule has 94 valence electrons. The van der Waals surface area contributed by atoms with Crippen molar-refractivity contribution in [3.63, 3.8) is 0 Å². The molecule has 2 heterocycles. The Morgan fingerprint density at radius 1 is 1.41 bits per heavy atom. The first kappa shape index (κ1) is 12.2. The molecule has 1 aromatic heterocycles. The minimum absolute atomic E-state index is 0.412. The molecule has 0 aromatic carbocycles. The summed E-state index contributed by atoms with van der Waals surface area (Å²) in [6.45, 7) is 4.02. The summed E-state index contributed by atoms with van der Waals surface area (Å²) in [4.78, 5) is 4.44. The highest BCUT2D eigenvalue weighted by Crippen LogP contribution is 2.23. The molecule has 1 aliphatic rings. The number of anilines is 2. The molecule has 1 fully saturated rings. The lowest BCUT2D eigenvalue weighted by atomic mass is 10.00. The van der Waals surface area contributed by atoms with Crippen LogP contribution in [0.2, 0.25) is 0 Å². The van der Waals surface area contributed by atoms with E-state index >= 15 is 0 Å². The van der Waals surface area contributed by atoms with Crippen LogP contribution < -0.4 is 10.6 Å². The summed E-state index contributed by atoms with van der Waals surface area (Å²) in [5, 5.41) is 6.43. The molecule has 0 aliphatic carbocycles. The van der Waals surface area contributed by atoms with Crippen molar-refractivity contribution in [3.8, 4) is 0 Å². The number of hydrogen-bond acceptors (Lipinski definition) is 4. The highest BCUT2D eigenvalue weighted by Gasteiger charge is 2.26. The summed E-state index contributed by atoms with van der Waals surface area (Å²) in [6, 6.07) is 5.96. The summed E-state index contributed by atoms with van der Waals surface area (Å²) < 4.78 is 5.68. The van der Waals surface area contributed by atoms with Crippen LogP contribution in [-0.2, 0) is 4.74 Å². The summed E-state index contributed by atoms with van der Waals surface area (Å²) >= 11 is 0. The molecular formula is C13H21N3O. The van der Waals surface area contributed by atoms with E-state index in [9.17, 15) is 0 Å². The second-order valence-corrected chi connectivity index (χ2v) is 4.41. The van der Waals surface area contributed by atoms with Crippen molar-refractivity contribution in [1.29, 1.82) is 0 Å². The Labute approximate surface area is 103 Å². The highest BCUT2D eigenvalue weighted by atomic mass is 16.5. The van der Waals surface area contributed by atoms with Crippen LogP contribution in [0.4, 0.5) is 11.6 Å². The van der Waals surface area contributed by atoms with Gasteiger partial charge < -0.3 is 15.4 Å². The predicted molar refractivity (Wildman–Crippen MR) is 70.4 cm³/mol. The quantitative estimate of drug-likeness (QED) is 0.822. The van der Waals surface area contributed by atoms with Gasteiger partial charge in [0, 0.05) is 26.1 Å². The maximum absolute atomic E-state index is 5.68. The van der Waals surface area contributed by atoms with Crippen LogP contribution in [0.15, 0.2) is 18.2 Å². The zero-order valence-corrected chi connectivity index (χ0v) is 10.6. The molecule has 4 nitrogen and oxygen atoms in total. The van der Waals surface area contributed by atoms with Gasteiger partial charge in [-0.25, -0.2) is 4.98 Å². The SMILES string of the molecule is CCC1OCCC1CNc1cccc(NC)n1. The summed E-state index contributed by atoms with van der Waals surface area (Å²) in [7, 11) is 1.88. The van der Waals surface area contributed by atoms with E-state index in [1.54, 1.807) is 0 Å². The van der Waals surface area contributed by atoms with Crippen LogP contribution in [0.5, 0.6) is 0 Å². The fourth-order valence-electron chi connectivity index (χ4n) is 2.29. The van der Waals surface area contributed by atoms with E-state index < -0.39 is 0 Å². The third-order valence-corrected chi connectivity index (χ3v) is 3.30. The van der Waals surface area contributed by atoms with Crippen molar-refractivity contribution in [2.45, 2.75) is 25.9 Å². The van der Waals surface area contributed by atoms with Gasteiger partial charge in [-0.1, -0.05) is 13.0 Å². The molecule has 2 N–H and O–H groups in total. The highest BCUT2D eigenvalue weighted by molar-refractivity contribution is 5.44. The lowest BCUT2D eigenvalue weighted by Gasteiger charge is -2.17. The molecule has 1 saturated heterocycles. The third kappa shape index (κ3) is 3.09. The molecule has 0 bridgehead atoms. The molecule has 1 aromatic rings. The maximum atomic E-state index is 5.68. The van der Waals surface area contributed by atoms with Crippen molar-refractivity contribution >= 4 is 11.6 Å². The van der Waals surface area contributed by atoms with Crippen LogP contribution in [0.1, 0.15) is 19.8 Å². The molecule has 2 unspecified atom stereocenters. The molecule has 0 radical (unpaired) electrons. The van der Waals surface area contributed by atoms with Crippen LogP contribution in [0.25, 0.3) is 0 Å². The van der Waals surface area contributed by atoms with Gasteiger partial charge in [0.1, 0.15) is 11.6 Å². The lowest BCUT2D eigenvalue weighted by molar-refractivity contribution is 0.0900. The van der Waals surface area contributed by atoms with Gasteiger partial charge in [-0.15, -0.1) is 0 Å². The topological polar surface area (TPSA) is 46.2 Å². The zero-order chi connectivity index (χ0) is 12.1. The third-order valence-electron chi connectivity index (χ3n) is 3.30. The first-order chi connectivity index (χ1) is 8.33. The second kappa shape index (κ2) is 5.87. The summed E-state index contributed by atoms with van der Waals surface area (Å²) in [5.41, 5.74) is 0. The number of pyridine rings is 1. The Bertz CT molecular complexity index is 356. The van der Waals surface area contributed by atoms with Gasteiger partial charge in [-0.05, 0) is 25.0 Å². The lowest BCUT2D eigenvalue weighted by Crippen LogP contribution is -2.23. The Hall–Kier alpha value is -1.29. The van der Waals surface area contributed by atoms with Gasteiger partial charge in [0.2, 0.25) is 0 Å². The fraction of sp³-hybridized carbons (Fsp3) is 0.615. The summed E-state index contributed by atoms with van der Waals surface area (Å²) in [6.07, 6.45) is 2.66. The van der Waals surface area contributed by atoms with Crippen molar-refractivity contribution in [3.05, 3.63) is 18.2 Å². The first-order valence-corrected chi connectivity index (χ1v) is 6.33. The minimum Gasteiger partial charge on any atom is -0.378 e. The number of aromatic nitrogens is 1. The minimum atomic E-state index is 0.412. The van der Waals surface area contributed by atoms with Crippen LogP contribution in [0.3, 0.4) is 0 Å². The maximum Gasteiger partial charge on any atom is 0.128 e. The number of hydrogen-bond donors (Lipinski definition) is 2. The number of nitrogens with zero attached hydrogens (tertiary/aromatic N) is 1. The molecular weight excluding hydrogens is 214 g/mol. The normalized spacial score (nSPS) is 23.6. The fourth-order valence-corrected chi connectivity index (χ4v) is 2.29. The van der Waals surface area contributed by atoms with Crippen molar-refractivity contribution < 1.29 is 4.74 Å². The molecule has 4 heteroatoms. The van der Waals surface area contributed by atoms with Crippen LogP contribution in [-0.4, -0.2) is 31.3 Å². The van der Waals surface area contributed by atoms with E-state index in [4.69, 9.17) is 4.74 Å². The summed E-state index contributed by atoms with van der Waals surface area (Å²) in [5.74, 6) is 2.43. The molecule has 17 heavy (non-hydrogen) atoms. The average Bonchev–Trinajstić information content (AvgIpc) is 2.84. The first-order valence-electron chi connectivity index (χ1n) is 6.33. The standard InChI is InChI=1S/C13H21N3O/c1-3-11-10(7-8-17-11)9-15-13-6-4-5-12(14-2)16-13/h4-6,10-11H,3,7-9H2,1-2H3,(H2,14,15,16). The Kier molecular flexibility index (Phi) is 4.20. The van der Waals surface area contributed by atoms with E-state index in [2.05, 4.69) is 22.5 Å². The molecule has 2 rings (SSSR count). The largest absolute Gasteiger partial charge is 0.378 e. The van der Waals surface area contributed by atoms with E-state index in [1.165, 1.54) is 0 Å². The van der Waals surface area contributed by atoms with Crippen molar-refractivity contribution in [1.82, 2.24) is 4.98 Å². The van der Waals surface area contributed by atoms with Gasteiger partial charge in [-0.3, -0.25) is 0 Å². The van der Waals surface area contributed by atoms with Crippen LogP contribution in [0, 0.1) is 5.92 Å². The molecule has 0 amide bonds. The van der Waals surface area contributed by atoms with E-state index in [1.807, 2.05) is 25.2 Å². The van der Waals surface area contributed by atoms with Gasteiger partial charge in [0.15, 0.2) is 0 Å².